The van der Waals surface area contributed by atoms with Gasteiger partial charge in [0.05, 0.1) is 28.2 Å². The molecule has 0 bridgehead atoms. The van der Waals surface area contributed by atoms with Crippen molar-refractivity contribution >= 4 is 45.4 Å². The fourth-order valence-electron chi connectivity index (χ4n) is 4.46. The molecule has 11 heteroatoms. The minimum atomic E-state index is -1.10. The molecule has 4 aromatic rings. The van der Waals surface area contributed by atoms with Gasteiger partial charge in [-0.3, -0.25) is 9.89 Å². The number of H-pyrrole nitrogens is 1. The van der Waals surface area contributed by atoms with Crippen LogP contribution >= 0.6 is 11.6 Å². The number of hydrogen-bond acceptors (Lipinski definition) is 4. The fraction of sp³-hybridized carbons (Fsp3) is 0.318. The summed E-state index contributed by atoms with van der Waals surface area (Å²) < 4.78 is 43.9. The lowest BCUT2D eigenvalue weighted by Crippen LogP contribution is -2.22. The topological polar surface area (TPSA) is 78.3 Å². The normalized spacial score (nSPS) is 22.4. The van der Waals surface area contributed by atoms with Crippen molar-refractivity contribution in [2.75, 3.05) is 23.3 Å². The van der Waals surface area contributed by atoms with Gasteiger partial charge in [0.15, 0.2) is 11.6 Å². The van der Waals surface area contributed by atoms with Gasteiger partial charge in [0.1, 0.15) is 18.0 Å². The number of nitrogens with one attached hydrogen (secondary N) is 2. The number of aromatic nitrogens is 4. The molecular formula is C22H18ClF3N6O. The van der Waals surface area contributed by atoms with Crippen LogP contribution in [0.4, 0.5) is 24.7 Å². The van der Waals surface area contributed by atoms with E-state index >= 15 is 4.39 Å². The van der Waals surface area contributed by atoms with Gasteiger partial charge in [0.2, 0.25) is 5.91 Å². The number of rotatable bonds is 4. The van der Waals surface area contributed by atoms with Crippen LogP contribution in [0.3, 0.4) is 0 Å². The predicted molar refractivity (Wildman–Crippen MR) is 119 cm³/mol. The van der Waals surface area contributed by atoms with Crippen molar-refractivity contribution in [1.82, 2.24) is 19.8 Å². The molecule has 2 N–H and O–H groups in total. The average molecular weight is 475 g/mol. The molecule has 1 saturated carbocycles. The smallest absolute Gasteiger partial charge is 0.231 e. The summed E-state index contributed by atoms with van der Waals surface area (Å²) in [6.45, 7) is 0.489. The van der Waals surface area contributed by atoms with Crippen molar-refractivity contribution in [1.29, 1.82) is 0 Å². The zero-order chi connectivity index (χ0) is 22.9. The molecule has 1 aliphatic heterocycles. The highest BCUT2D eigenvalue weighted by atomic mass is 35.5. The lowest BCUT2D eigenvalue weighted by atomic mass is 10.0. The number of carbonyl (C=O) groups is 1. The number of halogens is 4. The van der Waals surface area contributed by atoms with Gasteiger partial charge in [0, 0.05) is 36.3 Å². The van der Waals surface area contributed by atoms with Crippen LogP contribution in [-0.4, -0.2) is 51.2 Å². The minimum absolute atomic E-state index is 0.0821. The molecule has 2 fully saturated rings. The summed E-state index contributed by atoms with van der Waals surface area (Å²) in [6, 6.07) is 5.14. The molecule has 3 aromatic heterocycles. The number of benzene rings is 1. The lowest BCUT2D eigenvalue weighted by Gasteiger charge is -2.21. The molecule has 1 saturated heterocycles. The summed E-state index contributed by atoms with van der Waals surface area (Å²) in [5.41, 5.74) is 2.38. The van der Waals surface area contributed by atoms with E-state index in [-0.39, 0.29) is 23.7 Å². The van der Waals surface area contributed by atoms with Gasteiger partial charge >= 0.3 is 0 Å². The minimum Gasteiger partial charge on any atom is -0.364 e. The molecule has 1 aliphatic carbocycles. The van der Waals surface area contributed by atoms with Crippen molar-refractivity contribution in [3.8, 4) is 11.1 Å². The maximum atomic E-state index is 15.5. The first-order valence-electron chi connectivity index (χ1n) is 10.6. The van der Waals surface area contributed by atoms with E-state index in [0.29, 0.717) is 46.3 Å². The van der Waals surface area contributed by atoms with Crippen molar-refractivity contribution in [2.24, 2.45) is 5.92 Å². The largest absolute Gasteiger partial charge is 0.364 e. The number of nitrogens with zero attached hydrogens (tertiary/aromatic N) is 4. The molecular weight excluding hydrogens is 457 g/mol. The first kappa shape index (κ1) is 20.3. The number of hydrogen-bond donors (Lipinski definition) is 2. The molecule has 0 spiro atoms. The quantitative estimate of drug-likeness (QED) is 0.456. The maximum Gasteiger partial charge on any atom is 0.231 e. The van der Waals surface area contributed by atoms with Crippen LogP contribution in [0.2, 0.25) is 5.02 Å². The molecule has 170 valence electrons. The number of aromatic amines is 1. The summed E-state index contributed by atoms with van der Waals surface area (Å²) in [5, 5.41) is 14.3. The highest BCUT2D eigenvalue weighted by Gasteiger charge is 2.43. The first-order chi connectivity index (χ1) is 15.9. The standard InChI is InChI=1S/C22H18ClF3N6O/c23-18-17(14-8-27-29-20(14)21(19(18)26)31-3-2-11(24)9-31)10-1-4-32-12(5-10)6-16(30-32)28-22(33)13-7-15(13)25/h1,4-6,8,11,13,15H,2-3,7,9H2,(H,27,29)(H,28,30,33)/t11?,13-,15+/m1/s1. The van der Waals surface area contributed by atoms with Crippen LogP contribution in [0.15, 0.2) is 30.6 Å². The third-order valence-corrected chi connectivity index (χ3v) is 6.62. The van der Waals surface area contributed by atoms with E-state index < -0.39 is 30.0 Å². The monoisotopic (exact) mass is 474 g/mol. The molecule has 33 heavy (non-hydrogen) atoms. The van der Waals surface area contributed by atoms with E-state index in [2.05, 4.69) is 20.6 Å². The average Bonchev–Trinajstić information content (AvgIpc) is 3.16. The molecule has 6 rings (SSSR count). The van der Waals surface area contributed by atoms with E-state index in [1.54, 1.807) is 40.0 Å². The van der Waals surface area contributed by atoms with Gasteiger partial charge in [-0.1, -0.05) is 11.6 Å². The maximum absolute atomic E-state index is 15.5. The Morgan fingerprint density at radius 2 is 2.12 bits per heavy atom. The van der Waals surface area contributed by atoms with E-state index in [4.69, 9.17) is 11.6 Å². The van der Waals surface area contributed by atoms with Gasteiger partial charge < -0.3 is 10.2 Å². The Balaban J connectivity index is 1.41. The fourth-order valence-corrected chi connectivity index (χ4v) is 4.76. The van der Waals surface area contributed by atoms with Crippen molar-refractivity contribution in [3.63, 3.8) is 0 Å². The summed E-state index contributed by atoms with van der Waals surface area (Å²) in [5.74, 6) is -1.36. The van der Waals surface area contributed by atoms with Crippen LogP contribution in [-0.2, 0) is 4.79 Å². The summed E-state index contributed by atoms with van der Waals surface area (Å²) in [6.07, 6.45) is 1.68. The van der Waals surface area contributed by atoms with Crippen molar-refractivity contribution < 1.29 is 18.0 Å². The lowest BCUT2D eigenvalue weighted by molar-refractivity contribution is -0.117. The summed E-state index contributed by atoms with van der Waals surface area (Å²) in [4.78, 5) is 13.7. The third-order valence-electron chi connectivity index (χ3n) is 6.27. The van der Waals surface area contributed by atoms with Crippen LogP contribution in [0.5, 0.6) is 0 Å². The molecule has 4 heterocycles. The summed E-state index contributed by atoms with van der Waals surface area (Å²) >= 11 is 6.51. The molecule has 1 amide bonds. The molecule has 1 unspecified atom stereocenters. The molecule has 0 radical (unpaired) electrons. The van der Waals surface area contributed by atoms with Gasteiger partial charge in [0.25, 0.3) is 0 Å². The Morgan fingerprint density at radius 3 is 2.85 bits per heavy atom. The van der Waals surface area contributed by atoms with Crippen LogP contribution in [0, 0.1) is 11.7 Å². The highest BCUT2D eigenvalue weighted by Crippen LogP contribution is 2.43. The van der Waals surface area contributed by atoms with E-state index in [1.165, 1.54) is 0 Å². The van der Waals surface area contributed by atoms with Gasteiger partial charge in [-0.2, -0.15) is 10.2 Å². The zero-order valence-corrected chi connectivity index (χ0v) is 17.9. The molecule has 3 atom stereocenters. The second-order valence-electron chi connectivity index (χ2n) is 8.50. The Labute approximate surface area is 190 Å². The second kappa shape index (κ2) is 7.38. The number of anilines is 2. The van der Waals surface area contributed by atoms with Crippen LogP contribution < -0.4 is 10.2 Å². The number of amides is 1. The predicted octanol–water partition coefficient (Wildman–Crippen LogP) is 4.51. The van der Waals surface area contributed by atoms with E-state index in [1.807, 2.05) is 0 Å². The number of fused-ring (bicyclic) bond motifs is 2. The van der Waals surface area contributed by atoms with Crippen molar-refractivity contribution in [3.05, 3.63) is 41.4 Å². The highest BCUT2D eigenvalue weighted by molar-refractivity contribution is 6.36. The van der Waals surface area contributed by atoms with Crippen molar-refractivity contribution in [2.45, 2.75) is 25.2 Å². The summed E-state index contributed by atoms with van der Waals surface area (Å²) in [7, 11) is 0. The Bertz CT molecular complexity index is 1420. The van der Waals surface area contributed by atoms with Gasteiger partial charge in [-0.15, -0.1) is 0 Å². The first-order valence-corrected chi connectivity index (χ1v) is 11.0. The Hall–Kier alpha value is -3.27. The molecule has 2 aliphatic rings. The molecule has 1 aromatic carbocycles. The third kappa shape index (κ3) is 3.31. The van der Waals surface area contributed by atoms with E-state index in [0.717, 1.165) is 0 Å². The van der Waals surface area contributed by atoms with E-state index in [9.17, 15) is 13.6 Å². The second-order valence-corrected chi connectivity index (χ2v) is 8.88. The van der Waals surface area contributed by atoms with Crippen LogP contribution in [0.25, 0.3) is 27.5 Å². The Morgan fingerprint density at radius 1 is 1.30 bits per heavy atom. The molecule has 7 nitrogen and oxygen atoms in total. The number of carbonyl (C=O) groups excluding carboxylic acids is 1. The van der Waals surface area contributed by atoms with Crippen LogP contribution in [0.1, 0.15) is 12.8 Å². The number of alkyl halides is 2. The SMILES string of the molecule is O=C(Nc1cc2cc(-c3c(Cl)c(F)c(N4CCC(F)C4)c4[nH]ncc34)ccn2n1)[C@@H]1C[C@@H]1F. The Kier molecular flexibility index (Phi) is 4.55. The zero-order valence-electron chi connectivity index (χ0n) is 17.2. The van der Waals surface area contributed by atoms with Gasteiger partial charge in [-0.25, -0.2) is 17.7 Å². The number of pyridine rings is 1. The van der Waals surface area contributed by atoms with Gasteiger partial charge in [-0.05, 0) is 30.5 Å².